The summed E-state index contributed by atoms with van der Waals surface area (Å²) in [6.45, 7) is 20.4. The van der Waals surface area contributed by atoms with Gasteiger partial charge in [0.1, 0.15) is 30.0 Å². The number of carbonyl (C=O) groups is 1. The number of cyclic esters (lactones) is 1. The number of rotatable bonds is 10. The van der Waals surface area contributed by atoms with Crippen LogP contribution in [-0.4, -0.2) is 170 Å². The van der Waals surface area contributed by atoms with E-state index >= 15 is 0 Å². The largest absolute Gasteiger partial charge is 0.459 e. The number of pyridine rings is 1. The highest BCUT2D eigenvalue weighted by Gasteiger charge is 2.53. The highest BCUT2D eigenvalue weighted by atomic mass is 16.7. The fraction of sp³-hybridized carbons (Fsp3) is 0.736. The smallest absolute Gasteiger partial charge is 0.311 e. The van der Waals surface area contributed by atoms with Gasteiger partial charge in [-0.1, -0.05) is 38.7 Å². The highest BCUT2D eigenvalue weighted by Crippen LogP contribution is 2.40. The topological polar surface area (TPSA) is 202 Å². The van der Waals surface area contributed by atoms with Gasteiger partial charge >= 0.3 is 5.97 Å². The molecule has 2 aromatic rings. The Morgan fingerprint density at radius 3 is 2.22 bits per heavy atom. The van der Waals surface area contributed by atoms with Gasteiger partial charge in [0.05, 0.1) is 41.5 Å². The van der Waals surface area contributed by atoms with E-state index < -0.39 is 102 Å². The van der Waals surface area contributed by atoms with E-state index in [2.05, 4.69) is 11.8 Å². The van der Waals surface area contributed by atoms with Crippen LogP contribution in [0.5, 0.6) is 0 Å². The second-order valence-corrected chi connectivity index (χ2v) is 21.2. The van der Waals surface area contributed by atoms with Gasteiger partial charge in [0, 0.05) is 74.6 Å². The van der Waals surface area contributed by atoms with E-state index in [1.54, 1.807) is 64.4 Å². The van der Waals surface area contributed by atoms with E-state index in [0.717, 1.165) is 16.8 Å². The van der Waals surface area contributed by atoms with E-state index in [1.807, 2.05) is 75.9 Å². The van der Waals surface area contributed by atoms with E-state index in [1.165, 1.54) is 14.0 Å². The minimum atomic E-state index is -1.83. The van der Waals surface area contributed by atoms with Crippen LogP contribution >= 0.6 is 0 Å². The summed E-state index contributed by atoms with van der Waals surface area (Å²) in [5, 5.41) is 59.5. The van der Waals surface area contributed by atoms with E-state index in [-0.39, 0.29) is 36.8 Å². The van der Waals surface area contributed by atoms with Crippen LogP contribution in [0.2, 0.25) is 0 Å². The number of benzene rings is 1. The molecule has 5 rings (SSSR count). The predicted octanol–water partition coefficient (Wildman–Crippen LogP) is 4.17. The molecule has 1 aromatic heterocycles. The normalized spacial score (nSPS) is 40.0. The van der Waals surface area contributed by atoms with Crippen molar-refractivity contribution in [2.45, 2.75) is 199 Å². The number of esters is 1. The lowest BCUT2D eigenvalue weighted by Crippen LogP contribution is -2.60. The number of aromatic nitrogens is 1. The number of aliphatic hydroxyl groups excluding tert-OH is 3. The molecule has 0 radical (unpaired) electrons. The average Bonchev–Trinajstić information content (AvgIpc) is 3.29. The van der Waals surface area contributed by atoms with Gasteiger partial charge in [0.15, 0.2) is 12.6 Å². The molecule has 0 bridgehead atoms. The average molecular weight is 970 g/mol. The lowest BCUT2D eigenvalue weighted by molar-refractivity contribution is -0.318. The maximum absolute atomic E-state index is 14.5. The molecule has 4 heterocycles. The fourth-order valence-electron chi connectivity index (χ4n) is 10.7. The highest BCUT2D eigenvalue weighted by molar-refractivity contribution is 5.73. The first-order valence-electron chi connectivity index (χ1n) is 24.8. The van der Waals surface area contributed by atoms with Crippen molar-refractivity contribution in [1.82, 2.24) is 14.4 Å². The standard InChI is InChI=1S/C53H83N3O13/c1-15-41-53(11,63)46(59)36(7)55(13)29-32(3)27-51(9,62)48(34(5)45(35(6)49(61)67-41)68-43-28-52(10,64-14)47(60)37(8)66-43)69-50-44(58)40(26-33(4)65-50)54(12)25-17-16-18-38-20-22-39(23-21-38)56-30-31(2)19-24-42(56)57/h19-24,30,32-37,40-41,43-48,50,58-60,62-63H,15,17,25-29H2,1-14H3/t32-,33-,34+,35-,36-,37+,40+,41-,43+,44-,45+,46-,47+,48-,50+,51-,52-,53-/m1/s1. The first-order chi connectivity index (χ1) is 32.2. The number of hydrogen-bond donors (Lipinski definition) is 5. The molecule has 3 fully saturated rings. The second kappa shape index (κ2) is 23.5. The summed E-state index contributed by atoms with van der Waals surface area (Å²) in [5.74, 6) is 3.69. The number of ether oxygens (including phenoxy) is 6. The van der Waals surface area contributed by atoms with Crippen LogP contribution in [-0.2, 0) is 33.2 Å². The first-order valence-corrected chi connectivity index (χ1v) is 24.8. The van der Waals surface area contributed by atoms with Crippen LogP contribution in [0.25, 0.3) is 5.69 Å². The van der Waals surface area contributed by atoms with Crippen molar-refractivity contribution in [3.63, 3.8) is 0 Å². The maximum atomic E-state index is 14.5. The zero-order valence-electron chi connectivity index (χ0n) is 43.5. The molecular weight excluding hydrogens is 887 g/mol. The zero-order chi connectivity index (χ0) is 51.3. The van der Waals surface area contributed by atoms with E-state index in [9.17, 15) is 35.1 Å². The van der Waals surface area contributed by atoms with Gasteiger partial charge in [0.25, 0.3) is 5.56 Å². The number of likely N-dealkylation sites (N-methyl/N-ethyl adjacent to an activating group) is 2. The Morgan fingerprint density at radius 1 is 0.913 bits per heavy atom. The molecule has 0 aliphatic carbocycles. The summed E-state index contributed by atoms with van der Waals surface area (Å²) in [7, 11) is 5.26. The lowest BCUT2D eigenvalue weighted by atomic mass is 9.77. The molecule has 0 saturated carbocycles. The van der Waals surface area contributed by atoms with Crippen molar-refractivity contribution >= 4 is 5.97 Å². The summed E-state index contributed by atoms with van der Waals surface area (Å²) < 4.78 is 39.8. The summed E-state index contributed by atoms with van der Waals surface area (Å²) in [4.78, 5) is 30.8. The van der Waals surface area contributed by atoms with Gasteiger partial charge in [-0.25, -0.2) is 0 Å². The van der Waals surface area contributed by atoms with Gasteiger partial charge in [-0.3, -0.25) is 19.1 Å². The SMILES string of the molecule is CC[C@H]1OC(=O)[C@H](C)[C@@H](O[C@H]2C[C@@](C)(OC)[C@@H](O)[C@H](C)O2)[C@H](C)[C@@H](O[C@@H]2O[C@H](C)C[C@H](N(C)CCC#Cc3ccc(-n4cc(C)ccc4=O)cc3)[C@H]2O)[C@](C)(O)C[C@@H](C)CN(C)[C@H](C)[C@@H](O)[C@]1(C)O. The predicted molar refractivity (Wildman–Crippen MR) is 261 cm³/mol. The molecule has 0 unspecified atom stereocenters. The molecule has 3 aliphatic heterocycles. The monoisotopic (exact) mass is 970 g/mol. The van der Waals surface area contributed by atoms with Gasteiger partial charge in [-0.15, -0.1) is 0 Å². The molecule has 0 amide bonds. The number of hydrogen-bond acceptors (Lipinski definition) is 15. The third-order valence-electron chi connectivity index (χ3n) is 15.1. The Balaban J connectivity index is 1.44. The lowest BCUT2D eigenvalue weighted by Gasteiger charge is -2.49. The van der Waals surface area contributed by atoms with Crippen molar-refractivity contribution in [1.29, 1.82) is 0 Å². The number of aliphatic hydroxyl groups is 5. The Hall–Kier alpha value is -3.28. The maximum Gasteiger partial charge on any atom is 0.311 e. The van der Waals surface area contributed by atoms with Crippen LogP contribution in [0, 0.1) is 36.5 Å². The van der Waals surface area contributed by atoms with Gasteiger partial charge < -0.3 is 58.9 Å². The van der Waals surface area contributed by atoms with Crippen LogP contribution in [0.15, 0.2) is 47.4 Å². The minimum absolute atomic E-state index is 0.102. The van der Waals surface area contributed by atoms with Gasteiger partial charge in [-0.05, 0) is 124 Å². The van der Waals surface area contributed by atoms with Crippen LogP contribution in [0.3, 0.4) is 0 Å². The van der Waals surface area contributed by atoms with Gasteiger partial charge in [-0.2, -0.15) is 0 Å². The van der Waals surface area contributed by atoms with Crippen LogP contribution < -0.4 is 5.56 Å². The molecule has 0 spiro atoms. The van der Waals surface area contributed by atoms with Gasteiger partial charge in [0.2, 0.25) is 0 Å². The van der Waals surface area contributed by atoms with E-state index in [4.69, 9.17) is 28.4 Å². The number of aryl methyl sites for hydroxylation is 1. The summed E-state index contributed by atoms with van der Waals surface area (Å²) in [5.41, 5.74) is -2.10. The molecule has 1 aromatic carbocycles. The van der Waals surface area contributed by atoms with Crippen molar-refractivity contribution in [3.8, 4) is 17.5 Å². The van der Waals surface area contributed by atoms with Crippen LogP contribution in [0.1, 0.15) is 112 Å². The van der Waals surface area contributed by atoms with Crippen molar-refractivity contribution < 1.29 is 58.7 Å². The number of nitrogens with zero attached hydrogens (tertiary/aromatic N) is 3. The molecule has 5 N–H and O–H groups in total. The Morgan fingerprint density at radius 2 is 1.58 bits per heavy atom. The molecule has 69 heavy (non-hydrogen) atoms. The van der Waals surface area contributed by atoms with Crippen molar-refractivity contribution in [3.05, 3.63) is 64.1 Å². The minimum Gasteiger partial charge on any atom is -0.459 e. The Kier molecular flexibility index (Phi) is 19.3. The van der Waals surface area contributed by atoms with Crippen molar-refractivity contribution in [2.24, 2.45) is 17.8 Å². The van der Waals surface area contributed by atoms with Crippen molar-refractivity contribution in [2.75, 3.05) is 34.3 Å². The molecular formula is C53H83N3O13. The fourth-order valence-corrected chi connectivity index (χ4v) is 10.7. The van der Waals surface area contributed by atoms with Crippen LogP contribution in [0.4, 0.5) is 0 Å². The molecule has 3 aliphatic rings. The Bertz CT molecular complexity index is 2110. The third-order valence-corrected chi connectivity index (χ3v) is 15.1. The number of methoxy groups -OCH3 is 1. The molecule has 16 heteroatoms. The van der Waals surface area contributed by atoms with E-state index in [0.29, 0.717) is 25.9 Å². The number of carbonyl (C=O) groups excluding carboxylic acids is 1. The quantitative estimate of drug-likeness (QED) is 0.168. The molecule has 16 nitrogen and oxygen atoms in total. The first kappa shape index (κ1) is 56.6. The summed E-state index contributed by atoms with van der Waals surface area (Å²) in [6, 6.07) is 9.85. The molecule has 3 saturated heterocycles. The summed E-state index contributed by atoms with van der Waals surface area (Å²) in [6.07, 6.45) is -6.71. The third kappa shape index (κ3) is 13.4. The Labute approximate surface area is 410 Å². The second-order valence-electron chi connectivity index (χ2n) is 21.2. The summed E-state index contributed by atoms with van der Waals surface area (Å²) >= 11 is 0. The molecule has 18 atom stereocenters. The zero-order valence-corrected chi connectivity index (χ0v) is 43.5. The molecule has 388 valence electrons.